The highest BCUT2D eigenvalue weighted by molar-refractivity contribution is 5.47. The first-order valence-corrected chi connectivity index (χ1v) is 6.73. The van der Waals surface area contributed by atoms with Crippen LogP contribution in [0.2, 0.25) is 0 Å². The van der Waals surface area contributed by atoms with Crippen LogP contribution in [0.25, 0.3) is 0 Å². The molecule has 0 saturated carbocycles. The summed E-state index contributed by atoms with van der Waals surface area (Å²) in [5, 5.41) is 8.30. The second kappa shape index (κ2) is 5.59. The van der Waals surface area contributed by atoms with E-state index in [4.69, 9.17) is 10.5 Å². The minimum atomic E-state index is 0.390. The average molecular weight is 271 g/mol. The molecule has 1 aromatic heterocycles. The van der Waals surface area contributed by atoms with Crippen LogP contribution < -0.4 is 10.5 Å². The summed E-state index contributed by atoms with van der Waals surface area (Å²) >= 11 is 0. The second-order valence-corrected chi connectivity index (χ2v) is 5.15. The number of rotatable bonds is 3. The first kappa shape index (κ1) is 14.5. The molecule has 1 heterocycles. The molecule has 0 amide bonds. The van der Waals surface area contributed by atoms with Crippen LogP contribution in [0, 0.1) is 34.6 Å². The molecule has 0 unspecified atom stereocenters. The van der Waals surface area contributed by atoms with E-state index in [-0.39, 0.29) is 0 Å². The number of hydrogen-bond acceptors (Lipinski definition) is 4. The van der Waals surface area contributed by atoms with Crippen molar-refractivity contribution in [2.45, 2.75) is 41.2 Å². The lowest BCUT2D eigenvalue weighted by Gasteiger charge is -2.16. The van der Waals surface area contributed by atoms with E-state index in [1.807, 2.05) is 33.8 Å². The molecule has 0 bridgehead atoms. The summed E-state index contributed by atoms with van der Waals surface area (Å²) in [5.41, 5.74) is 12.1. The fourth-order valence-corrected chi connectivity index (χ4v) is 2.14. The van der Waals surface area contributed by atoms with E-state index < -0.39 is 0 Å². The van der Waals surface area contributed by atoms with Gasteiger partial charge < -0.3 is 10.5 Å². The number of benzene rings is 1. The van der Waals surface area contributed by atoms with Gasteiger partial charge >= 0.3 is 0 Å². The Balaban J connectivity index is 2.51. The molecule has 20 heavy (non-hydrogen) atoms. The van der Waals surface area contributed by atoms with Gasteiger partial charge in [0, 0.05) is 12.1 Å². The fourth-order valence-electron chi connectivity index (χ4n) is 2.14. The normalized spacial score (nSPS) is 10.7. The standard InChI is InChI=1S/C16H21N3O/c1-9-6-7-10(2)15(11(9)3)20-16-14(8-17)12(4)13(5)18-19-16/h6-7H,8,17H2,1-5H3. The molecule has 1 aromatic carbocycles. The topological polar surface area (TPSA) is 61.0 Å². The van der Waals surface area contributed by atoms with Crippen molar-refractivity contribution < 1.29 is 4.74 Å². The summed E-state index contributed by atoms with van der Waals surface area (Å²) in [4.78, 5) is 0. The predicted octanol–water partition coefficient (Wildman–Crippen LogP) is 3.27. The van der Waals surface area contributed by atoms with E-state index in [0.29, 0.717) is 12.4 Å². The third-order valence-corrected chi connectivity index (χ3v) is 3.82. The zero-order valence-corrected chi connectivity index (χ0v) is 12.7. The monoisotopic (exact) mass is 271 g/mol. The van der Waals surface area contributed by atoms with Crippen molar-refractivity contribution >= 4 is 0 Å². The lowest BCUT2D eigenvalue weighted by Crippen LogP contribution is -2.08. The van der Waals surface area contributed by atoms with Gasteiger partial charge in [-0.15, -0.1) is 5.10 Å². The Morgan fingerprint density at radius 2 is 1.60 bits per heavy atom. The van der Waals surface area contributed by atoms with E-state index in [9.17, 15) is 0 Å². The molecule has 0 saturated heterocycles. The molecule has 2 aromatic rings. The Kier molecular flexibility index (Phi) is 4.04. The highest BCUT2D eigenvalue weighted by atomic mass is 16.5. The highest BCUT2D eigenvalue weighted by Gasteiger charge is 2.14. The van der Waals surface area contributed by atoms with Gasteiger partial charge in [-0.05, 0) is 56.9 Å². The number of aromatic nitrogens is 2. The summed E-state index contributed by atoms with van der Waals surface area (Å²) in [5.74, 6) is 1.35. The Morgan fingerprint density at radius 1 is 0.950 bits per heavy atom. The van der Waals surface area contributed by atoms with Crippen LogP contribution in [-0.2, 0) is 6.54 Å². The van der Waals surface area contributed by atoms with E-state index in [0.717, 1.165) is 33.7 Å². The second-order valence-electron chi connectivity index (χ2n) is 5.15. The van der Waals surface area contributed by atoms with E-state index in [2.05, 4.69) is 23.2 Å². The van der Waals surface area contributed by atoms with Crippen LogP contribution in [0.4, 0.5) is 0 Å². The molecule has 106 valence electrons. The quantitative estimate of drug-likeness (QED) is 0.930. The number of nitrogens with zero attached hydrogens (tertiary/aromatic N) is 2. The third-order valence-electron chi connectivity index (χ3n) is 3.82. The van der Waals surface area contributed by atoms with Crippen LogP contribution >= 0.6 is 0 Å². The number of nitrogens with two attached hydrogens (primary N) is 1. The SMILES string of the molecule is Cc1ccc(C)c(Oc2nnc(C)c(C)c2CN)c1C. The summed E-state index contributed by atoms with van der Waals surface area (Å²) in [7, 11) is 0. The Hall–Kier alpha value is -1.94. The summed E-state index contributed by atoms with van der Waals surface area (Å²) < 4.78 is 6.02. The minimum absolute atomic E-state index is 0.390. The van der Waals surface area contributed by atoms with Gasteiger partial charge in [0.25, 0.3) is 0 Å². The molecule has 0 fully saturated rings. The van der Waals surface area contributed by atoms with E-state index in [1.54, 1.807) is 0 Å². The number of hydrogen-bond donors (Lipinski definition) is 1. The van der Waals surface area contributed by atoms with Crippen LogP contribution in [0.5, 0.6) is 11.6 Å². The molecule has 0 aliphatic heterocycles. The van der Waals surface area contributed by atoms with Gasteiger partial charge in [-0.3, -0.25) is 0 Å². The molecule has 0 aliphatic rings. The van der Waals surface area contributed by atoms with Gasteiger partial charge in [-0.1, -0.05) is 12.1 Å². The Bertz CT molecular complexity index is 651. The molecule has 2 rings (SSSR count). The first-order valence-electron chi connectivity index (χ1n) is 6.73. The van der Waals surface area contributed by atoms with Crippen molar-refractivity contribution in [2.75, 3.05) is 0 Å². The maximum Gasteiger partial charge on any atom is 0.243 e. The van der Waals surface area contributed by atoms with Gasteiger partial charge in [0.2, 0.25) is 5.88 Å². The lowest BCUT2D eigenvalue weighted by atomic mass is 10.1. The van der Waals surface area contributed by atoms with Crippen LogP contribution in [0.3, 0.4) is 0 Å². The average Bonchev–Trinajstić information content (AvgIpc) is 2.43. The molecular formula is C16H21N3O. The van der Waals surface area contributed by atoms with Crippen LogP contribution in [-0.4, -0.2) is 10.2 Å². The fraction of sp³-hybridized carbons (Fsp3) is 0.375. The molecule has 2 N–H and O–H groups in total. The number of ether oxygens (including phenoxy) is 1. The highest BCUT2D eigenvalue weighted by Crippen LogP contribution is 2.32. The molecule has 4 heteroatoms. The minimum Gasteiger partial charge on any atom is -0.437 e. The summed E-state index contributed by atoms with van der Waals surface area (Å²) in [6.45, 7) is 10.5. The largest absolute Gasteiger partial charge is 0.437 e. The molecule has 0 spiro atoms. The van der Waals surface area contributed by atoms with Crippen LogP contribution in [0.1, 0.15) is 33.5 Å². The van der Waals surface area contributed by atoms with Gasteiger partial charge in [0.15, 0.2) is 0 Å². The maximum atomic E-state index is 6.02. The van der Waals surface area contributed by atoms with Crippen molar-refractivity contribution in [3.05, 3.63) is 45.6 Å². The molecule has 0 radical (unpaired) electrons. The van der Waals surface area contributed by atoms with Crippen molar-refractivity contribution in [1.29, 1.82) is 0 Å². The van der Waals surface area contributed by atoms with Crippen molar-refractivity contribution in [2.24, 2.45) is 5.73 Å². The maximum absolute atomic E-state index is 6.02. The van der Waals surface area contributed by atoms with Crippen molar-refractivity contribution in [3.63, 3.8) is 0 Å². The first-order chi connectivity index (χ1) is 9.45. The van der Waals surface area contributed by atoms with Gasteiger partial charge in [-0.2, -0.15) is 5.10 Å². The van der Waals surface area contributed by atoms with Crippen molar-refractivity contribution in [1.82, 2.24) is 10.2 Å². The molecule has 0 aliphatic carbocycles. The van der Waals surface area contributed by atoms with Crippen LogP contribution in [0.15, 0.2) is 12.1 Å². The van der Waals surface area contributed by atoms with Crippen molar-refractivity contribution in [3.8, 4) is 11.6 Å². The smallest absolute Gasteiger partial charge is 0.243 e. The third kappa shape index (κ3) is 2.51. The predicted molar refractivity (Wildman–Crippen MR) is 80.1 cm³/mol. The zero-order chi connectivity index (χ0) is 14.9. The Morgan fingerprint density at radius 3 is 2.25 bits per heavy atom. The van der Waals surface area contributed by atoms with Gasteiger partial charge in [-0.25, -0.2) is 0 Å². The van der Waals surface area contributed by atoms with E-state index in [1.165, 1.54) is 5.56 Å². The Labute approximate surface area is 120 Å². The summed E-state index contributed by atoms with van der Waals surface area (Å²) in [6.07, 6.45) is 0. The molecule has 0 atom stereocenters. The summed E-state index contributed by atoms with van der Waals surface area (Å²) in [6, 6.07) is 4.14. The zero-order valence-electron chi connectivity index (χ0n) is 12.7. The van der Waals surface area contributed by atoms with Gasteiger partial charge in [0.1, 0.15) is 5.75 Å². The lowest BCUT2D eigenvalue weighted by molar-refractivity contribution is 0.440. The van der Waals surface area contributed by atoms with Gasteiger partial charge in [0.05, 0.1) is 5.69 Å². The molecule has 4 nitrogen and oxygen atoms in total. The number of aryl methyl sites for hydroxylation is 3. The molecular weight excluding hydrogens is 250 g/mol. The van der Waals surface area contributed by atoms with E-state index >= 15 is 0 Å².